The summed E-state index contributed by atoms with van der Waals surface area (Å²) in [5.74, 6) is 1.27. The number of aromatic hydroxyl groups is 1. The maximum absolute atomic E-state index is 13.5. The molecule has 4 N–H and O–H groups in total. The summed E-state index contributed by atoms with van der Waals surface area (Å²) < 4.78 is 0. The normalized spacial score (nSPS) is 23.1. The number of thioether (sulfide) groups is 1. The Morgan fingerprint density at radius 3 is 2.45 bits per heavy atom. The summed E-state index contributed by atoms with van der Waals surface area (Å²) in [6.07, 6.45) is 4.67. The molecule has 1 aliphatic carbocycles. The maximum Gasteiger partial charge on any atom is 0.252 e. The molecule has 2 aromatic carbocycles. The van der Waals surface area contributed by atoms with Gasteiger partial charge in [0, 0.05) is 40.4 Å². The molecule has 8 heteroatoms. The molecule has 0 bridgehead atoms. The van der Waals surface area contributed by atoms with Crippen LogP contribution in [0.3, 0.4) is 0 Å². The molecule has 0 radical (unpaired) electrons. The summed E-state index contributed by atoms with van der Waals surface area (Å²) in [5, 5.41) is 28.0. The number of β-amino-alcohol motifs (C(OH)–C–C–N with tert-alkyl or cyclic N) is 1. The first-order valence-electron chi connectivity index (χ1n) is 14.5. The Labute approximate surface area is 243 Å². The Bertz CT molecular complexity index is 1150. The molecular weight excluding hydrogens is 522 g/mol. The second kappa shape index (κ2) is 13.4. The number of rotatable bonds is 9. The summed E-state index contributed by atoms with van der Waals surface area (Å²) in [7, 11) is 0. The number of likely N-dealkylation sites (tertiary alicyclic amines) is 1. The average Bonchev–Trinajstić information content (AvgIpc) is 2.91. The van der Waals surface area contributed by atoms with Crippen LogP contribution >= 0.6 is 11.8 Å². The molecule has 1 aliphatic heterocycles. The molecule has 2 amide bonds. The lowest BCUT2D eigenvalue weighted by atomic mass is 9.72. The number of phenols is 1. The van der Waals surface area contributed by atoms with Crippen LogP contribution in [0.5, 0.6) is 5.75 Å². The Morgan fingerprint density at radius 2 is 1.75 bits per heavy atom. The van der Waals surface area contributed by atoms with Gasteiger partial charge in [0.05, 0.1) is 18.2 Å². The molecule has 4 rings (SSSR count). The standard InChI is InChI=1S/C32H45N3O4S/c1-21-25(15-10-16-28(21)36)30(38)33-26(20-40-24-13-6-5-7-14-24)29(37)19-35-18-23-12-9-8-11-22(23)17-27(35)31(39)34-32(2,3)4/h5-7,10,13-16,22-23,26-27,29,36-37H,8-9,11-12,17-20H2,1-4H3,(H,33,38)(H,34,39)/t22-,23+,26+,27-,29-/m0/s1. The van der Waals surface area contributed by atoms with E-state index in [0.29, 0.717) is 35.3 Å². The molecule has 2 fully saturated rings. The fraction of sp³-hybridized carbons (Fsp3) is 0.562. The minimum absolute atomic E-state index is 0.0124. The number of hydrogen-bond donors (Lipinski definition) is 4. The highest BCUT2D eigenvalue weighted by atomic mass is 32.2. The molecule has 2 aliphatic rings. The van der Waals surface area contributed by atoms with Gasteiger partial charge in [0.15, 0.2) is 0 Å². The number of carbonyl (C=O) groups is 2. The van der Waals surface area contributed by atoms with Crippen molar-refractivity contribution in [2.45, 2.75) is 88.4 Å². The molecule has 2 aromatic rings. The maximum atomic E-state index is 13.5. The highest BCUT2D eigenvalue weighted by Gasteiger charge is 2.41. The van der Waals surface area contributed by atoms with Gasteiger partial charge in [-0.3, -0.25) is 14.5 Å². The van der Waals surface area contributed by atoms with Gasteiger partial charge in [-0.1, -0.05) is 43.5 Å². The molecule has 1 saturated carbocycles. The van der Waals surface area contributed by atoms with E-state index in [-0.39, 0.29) is 29.1 Å². The first-order valence-corrected chi connectivity index (χ1v) is 15.5. The lowest BCUT2D eigenvalue weighted by molar-refractivity contribution is -0.132. The van der Waals surface area contributed by atoms with Gasteiger partial charge in [0.25, 0.3) is 5.91 Å². The van der Waals surface area contributed by atoms with E-state index in [9.17, 15) is 19.8 Å². The minimum Gasteiger partial charge on any atom is -0.508 e. The van der Waals surface area contributed by atoms with Crippen LogP contribution < -0.4 is 10.6 Å². The van der Waals surface area contributed by atoms with E-state index in [1.165, 1.54) is 12.8 Å². The third-order valence-corrected chi connectivity index (χ3v) is 9.36. The minimum atomic E-state index is -0.886. The zero-order valence-corrected chi connectivity index (χ0v) is 25.0. The topological polar surface area (TPSA) is 102 Å². The predicted octanol–water partition coefficient (Wildman–Crippen LogP) is 4.75. The first kappa shape index (κ1) is 30.4. The molecule has 218 valence electrons. The van der Waals surface area contributed by atoms with Crippen LogP contribution in [0.25, 0.3) is 0 Å². The van der Waals surface area contributed by atoms with Gasteiger partial charge in [-0.15, -0.1) is 11.8 Å². The summed E-state index contributed by atoms with van der Waals surface area (Å²) in [6.45, 7) is 8.76. The molecule has 0 aromatic heterocycles. The summed E-state index contributed by atoms with van der Waals surface area (Å²) in [5.41, 5.74) is 0.543. The van der Waals surface area contributed by atoms with E-state index in [1.54, 1.807) is 36.9 Å². The summed E-state index contributed by atoms with van der Waals surface area (Å²) in [4.78, 5) is 30.0. The van der Waals surface area contributed by atoms with Gasteiger partial charge in [0.2, 0.25) is 5.91 Å². The first-order chi connectivity index (χ1) is 19.0. The van der Waals surface area contributed by atoms with Gasteiger partial charge in [-0.05, 0) is 76.6 Å². The van der Waals surface area contributed by atoms with Crippen LogP contribution in [0, 0.1) is 18.8 Å². The monoisotopic (exact) mass is 567 g/mol. The van der Waals surface area contributed by atoms with E-state index in [2.05, 4.69) is 15.5 Å². The zero-order chi connectivity index (χ0) is 28.9. The van der Waals surface area contributed by atoms with Crippen molar-refractivity contribution in [1.29, 1.82) is 0 Å². The fourth-order valence-electron chi connectivity index (χ4n) is 6.06. The van der Waals surface area contributed by atoms with Crippen LogP contribution in [0.4, 0.5) is 0 Å². The quantitative estimate of drug-likeness (QED) is 0.327. The second-order valence-electron chi connectivity index (χ2n) is 12.5. The average molecular weight is 568 g/mol. The number of phenolic OH excluding ortho intramolecular Hbond substituents is 1. The van der Waals surface area contributed by atoms with Gasteiger partial charge in [-0.2, -0.15) is 0 Å². The van der Waals surface area contributed by atoms with Crippen molar-refractivity contribution in [1.82, 2.24) is 15.5 Å². The van der Waals surface area contributed by atoms with Crippen LogP contribution in [0.15, 0.2) is 53.4 Å². The van der Waals surface area contributed by atoms with E-state index < -0.39 is 12.1 Å². The van der Waals surface area contributed by atoms with E-state index >= 15 is 0 Å². The Hall–Kier alpha value is -2.55. The van der Waals surface area contributed by atoms with Crippen LogP contribution in [0.1, 0.15) is 68.8 Å². The molecule has 0 unspecified atom stereocenters. The van der Waals surface area contributed by atoms with Crippen molar-refractivity contribution in [3.63, 3.8) is 0 Å². The molecule has 5 atom stereocenters. The van der Waals surface area contributed by atoms with Gasteiger partial charge in [0.1, 0.15) is 5.75 Å². The number of aliphatic hydroxyl groups is 1. The fourth-order valence-corrected chi connectivity index (χ4v) is 7.09. The van der Waals surface area contributed by atoms with Gasteiger partial charge >= 0.3 is 0 Å². The van der Waals surface area contributed by atoms with Crippen molar-refractivity contribution < 1.29 is 19.8 Å². The van der Waals surface area contributed by atoms with Crippen LogP contribution in [0.2, 0.25) is 0 Å². The SMILES string of the molecule is Cc1c(O)cccc1C(=O)N[C@H](CSc1ccccc1)[C@@H](O)CN1C[C@H]2CCCC[C@H]2C[C@H]1C(=O)NC(C)(C)C. The largest absolute Gasteiger partial charge is 0.508 e. The molecule has 1 heterocycles. The highest BCUT2D eigenvalue weighted by Crippen LogP contribution is 2.39. The number of nitrogens with one attached hydrogen (secondary N) is 2. The van der Waals surface area contributed by atoms with E-state index in [0.717, 1.165) is 30.7 Å². The van der Waals surface area contributed by atoms with Crippen molar-refractivity contribution in [3.05, 3.63) is 59.7 Å². The third kappa shape index (κ3) is 8.02. The lowest BCUT2D eigenvalue weighted by Crippen LogP contribution is -2.60. The molecule has 40 heavy (non-hydrogen) atoms. The zero-order valence-electron chi connectivity index (χ0n) is 24.2. The number of amides is 2. The lowest BCUT2D eigenvalue weighted by Gasteiger charge is -2.47. The summed E-state index contributed by atoms with van der Waals surface area (Å²) in [6, 6.07) is 13.9. The number of fused-ring (bicyclic) bond motifs is 1. The Morgan fingerprint density at radius 1 is 1.05 bits per heavy atom. The van der Waals surface area contributed by atoms with Crippen molar-refractivity contribution in [2.24, 2.45) is 11.8 Å². The van der Waals surface area contributed by atoms with Crippen LogP contribution in [-0.2, 0) is 4.79 Å². The summed E-state index contributed by atoms with van der Waals surface area (Å²) >= 11 is 1.57. The Balaban J connectivity index is 1.54. The Kier molecular flexibility index (Phi) is 10.2. The highest BCUT2D eigenvalue weighted by molar-refractivity contribution is 7.99. The van der Waals surface area contributed by atoms with Gasteiger partial charge in [-0.25, -0.2) is 0 Å². The third-order valence-electron chi connectivity index (χ3n) is 8.23. The van der Waals surface area contributed by atoms with Crippen molar-refractivity contribution >= 4 is 23.6 Å². The predicted molar refractivity (Wildman–Crippen MR) is 161 cm³/mol. The molecule has 7 nitrogen and oxygen atoms in total. The molecule has 0 spiro atoms. The van der Waals surface area contributed by atoms with E-state index in [1.807, 2.05) is 51.1 Å². The number of carbonyl (C=O) groups excluding carboxylic acids is 2. The van der Waals surface area contributed by atoms with E-state index in [4.69, 9.17) is 0 Å². The van der Waals surface area contributed by atoms with Gasteiger partial charge < -0.3 is 20.8 Å². The second-order valence-corrected chi connectivity index (χ2v) is 13.6. The number of hydrogen-bond acceptors (Lipinski definition) is 6. The number of benzene rings is 2. The van der Waals surface area contributed by atoms with Crippen molar-refractivity contribution in [3.8, 4) is 5.75 Å². The smallest absolute Gasteiger partial charge is 0.252 e. The number of piperidine rings is 1. The van der Waals surface area contributed by atoms with Crippen molar-refractivity contribution in [2.75, 3.05) is 18.8 Å². The number of nitrogens with zero attached hydrogens (tertiary/aromatic N) is 1. The molecular formula is C32H45N3O4S. The van der Waals surface area contributed by atoms with Crippen LogP contribution in [-0.4, -0.2) is 69.5 Å². The molecule has 1 saturated heterocycles. The number of aliphatic hydroxyl groups excluding tert-OH is 1.